The first kappa shape index (κ1) is 28.7. The molecule has 0 nitrogen and oxygen atoms in total. The van der Waals surface area contributed by atoms with Crippen LogP contribution in [-0.4, -0.2) is 10.3 Å². The van der Waals surface area contributed by atoms with Crippen molar-refractivity contribution in [3.63, 3.8) is 0 Å². The van der Waals surface area contributed by atoms with Gasteiger partial charge in [0.2, 0.25) is 0 Å². The van der Waals surface area contributed by atoms with E-state index in [9.17, 15) is 0 Å². The van der Waals surface area contributed by atoms with E-state index in [1.165, 1.54) is 38.9 Å². The molecule has 0 radical (unpaired) electrons. The van der Waals surface area contributed by atoms with Crippen molar-refractivity contribution in [2.45, 2.75) is 111 Å². The lowest BCUT2D eigenvalue weighted by atomic mass is 9.76. The van der Waals surface area contributed by atoms with E-state index in [2.05, 4.69) is 144 Å². The maximum absolute atomic E-state index is 2.55. The van der Waals surface area contributed by atoms with Crippen LogP contribution in [0.25, 0.3) is 22.3 Å². The van der Waals surface area contributed by atoms with E-state index < -0.39 is 7.92 Å². The van der Waals surface area contributed by atoms with E-state index in [-0.39, 0.29) is 10.3 Å². The molecule has 0 aliphatic heterocycles. The Morgan fingerprint density at radius 1 is 0.556 bits per heavy atom. The highest BCUT2D eigenvalue weighted by molar-refractivity contribution is 7.68. The largest absolute Gasteiger partial charge is 0.0636 e. The predicted octanol–water partition coefficient (Wildman–Crippen LogP) is 11.1. The van der Waals surface area contributed by atoms with Crippen molar-refractivity contribution in [3.8, 4) is 22.3 Å². The maximum Gasteiger partial charge on any atom is -0.0101 e. The van der Waals surface area contributed by atoms with Gasteiger partial charge in [-0.15, -0.1) is 0 Å². The zero-order valence-electron chi connectivity index (χ0n) is 25.0. The average Bonchev–Trinajstić information content (AvgIpc) is 2.76. The molecule has 0 heterocycles. The molecule has 0 aliphatic rings. The van der Waals surface area contributed by atoms with E-state index in [1.807, 2.05) is 0 Å². The number of benzene rings is 3. The molecule has 3 rings (SSSR count). The lowest BCUT2D eigenvalue weighted by Crippen LogP contribution is -2.32. The van der Waals surface area contributed by atoms with Crippen LogP contribution in [0.5, 0.6) is 0 Å². The first-order chi connectivity index (χ1) is 16.7. The first-order valence-electron chi connectivity index (χ1n) is 13.8. The molecule has 0 aliphatic carbocycles. The first-order valence-corrected chi connectivity index (χ1v) is 15.2. The Hall–Kier alpha value is -1.91. The Labute approximate surface area is 223 Å². The van der Waals surface area contributed by atoms with E-state index in [1.54, 1.807) is 5.30 Å². The number of hydrogen-bond acceptors (Lipinski definition) is 0. The van der Waals surface area contributed by atoms with Crippen LogP contribution >= 0.6 is 7.92 Å². The molecule has 0 aromatic heterocycles. The van der Waals surface area contributed by atoms with Crippen molar-refractivity contribution < 1.29 is 0 Å². The molecule has 0 unspecified atom stereocenters. The van der Waals surface area contributed by atoms with Crippen LogP contribution < -0.4 is 5.30 Å². The Morgan fingerprint density at radius 3 is 1.50 bits per heavy atom. The van der Waals surface area contributed by atoms with Crippen molar-refractivity contribution in [1.29, 1.82) is 0 Å². The molecule has 36 heavy (non-hydrogen) atoms. The van der Waals surface area contributed by atoms with Gasteiger partial charge < -0.3 is 0 Å². The van der Waals surface area contributed by atoms with Gasteiger partial charge in [0.05, 0.1) is 0 Å². The topological polar surface area (TPSA) is 0 Å². The molecule has 0 spiro atoms. The van der Waals surface area contributed by atoms with Crippen molar-refractivity contribution in [1.82, 2.24) is 0 Å². The van der Waals surface area contributed by atoms with Gasteiger partial charge in [-0.1, -0.05) is 152 Å². The average molecular weight is 501 g/mol. The molecule has 3 aromatic rings. The van der Waals surface area contributed by atoms with Crippen LogP contribution in [0.15, 0.2) is 60.7 Å². The molecule has 0 bridgehead atoms. The molecule has 194 valence electrons. The van der Waals surface area contributed by atoms with Gasteiger partial charge in [-0.2, -0.15) is 0 Å². The van der Waals surface area contributed by atoms with Crippen molar-refractivity contribution >= 4 is 13.2 Å². The fourth-order valence-corrected chi connectivity index (χ4v) is 10.2. The van der Waals surface area contributed by atoms with Crippen LogP contribution in [0.4, 0.5) is 0 Å². The second-order valence-corrected chi connectivity index (χ2v) is 17.1. The minimum atomic E-state index is -0.430. The molecular formula is C35H49P. The Morgan fingerprint density at radius 2 is 1.03 bits per heavy atom. The second-order valence-electron chi connectivity index (χ2n) is 13.2. The fourth-order valence-electron chi connectivity index (χ4n) is 6.07. The zero-order chi connectivity index (χ0) is 27.0. The molecule has 0 saturated heterocycles. The second kappa shape index (κ2) is 10.8. The highest BCUT2D eigenvalue weighted by Crippen LogP contribution is 2.60. The highest BCUT2D eigenvalue weighted by atomic mass is 31.1. The minimum Gasteiger partial charge on any atom is -0.0636 e. The molecule has 1 heteroatoms. The normalized spacial score (nSPS) is 12.9. The van der Waals surface area contributed by atoms with Crippen LogP contribution in [-0.2, 0) is 0 Å². The lowest BCUT2D eigenvalue weighted by molar-refractivity contribution is 0.715. The summed E-state index contributed by atoms with van der Waals surface area (Å²) in [6, 6.07) is 23.0. The molecule has 0 saturated carbocycles. The summed E-state index contributed by atoms with van der Waals surface area (Å²) >= 11 is 0. The van der Waals surface area contributed by atoms with E-state index in [4.69, 9.17) is 0 Å². The van der Waals surface area contributed by atoms with Crippen LogP contribution in [0.3, 0.4) is 0 Å². The van der Waals surface area contributed by atoms with Gasteiger partial charge in [0.1, 0.15) is 0 Å². The summed E-state index contributed by atoms with van der Waals surface area (Å²) in [5.41, 5.74) is 10.2. The van der Waals surface area contributed by atoms with E-state index in [0.29, 0.717) is 17.8 Å². The van der Waals surface area contributed by atoms with Gasteiger partial charge in [-0.05, 0) is 72.3 Å². The Balaban J connectivity index is 2.57. The SMILES string of the molecule is CC(C)c1cc(C(C)C)c(-c2ccccc2P(C(C)(C)C)C(C)(C)C)c(C(C)C)c1-c1ccccc1. The monoisotopic (exact) mass is 500 g/mol. The molecule has 0 fully saturated rings. The standard InChI is InChI=1S/C35H49P/c1-23(2)28-22-29(24(3)4)33(31(25(5)6)32(28)26-18-14-13-15-19-26)27-20-16-17-21-30(27)36(34(7,8)9)35(10,11)12/h13-25H,1-12H3. The van der Waals surface area contributed by atoms with Crippen molar-refractivity contribution in [2.75, 3.05) is 0 Å². The Bertz CT molecular complexity index is 1150. The molecule has 0 atom stereocenters. The van der Waals surface area contributed by atoms with E-state index >= 15 is 0 Å². The number of hydrogen-bond donors (Lipinski definition) is 0. The Kier molecular flexibility index (Phi) is 8.62. The van der Waals surface area contributed by atoms with Crippen LogP contribution in [0.1, 0.15) is 118 Å². The van der Waals surface area contributed by atoms with Crippen LogP contribution in [0.2, 0.25) is 0 Å². The zero-order valence-corrected chi connectivity index (χ0v) is 25.8. The molecule has 3 aromatic carbocycles. The van der Waals surface area contributed by atoms with Crippen molar-refractivity contribution in [3.05, 3.63) is 77.4 Å². The van der Waals surface area contributed by atoms with E-state index in [0.717, 1.165) is 0 Å². The summed E-state index contributed by atoms with van der Waals surface area (Å²) in [6.07, 6.45) is 0. The molecular weight excluding hydrogens is 451 g/mol. The van der Waals surface area contributed by atoms with Gasteiger partial charge in [0, 0.05) is 0 Å². The third-order valence-corrected chi connectivity index (χ3v) is 10.6. The maximum atomic E-state index is 2.55. The summed E-state index contributed by atoms with van der Waals surface area (Å²) in [7, 11) is -0.430. The van der Waals surface area contributed by atoms with Gasteiger partial charge in [-0.3, -0.25) is 0 Å². The smallest absolute Gasteiger partial charge is 0.0101 e. The summed E-state index contributed by atoms with van der Waals surface area (Å²) < 4.78 is 0. The van der Waals surface area contributed by atoms with Gasteiger partial charge in [0.25, 0.3) is 0 Å². The minimum absolute atomic E-state index is 0.208. The molecule has 0 N–H and O–H groups in total. The van der Waals surface area contributed by atoms with Crippen LogP contribution in [0, 0.1) is 0 Å². The highest BCUT2D eigenvalue weighted by Gasteiger charge is 2.38. The third kappa shape index (κ3) is 5.81. The van der Waals surface area contributed by atoms with Crippen molar-refractivity contribution in [2.24, 2.45) is 0 Å². The summed E-state index contributed by atoms with van der Waals surface area (Å²) in [5.74, 6) is 1.32. The van der Waals surface area contributed by atoms with Gasteiger partial charge >= 0.3 is 0 Å². The lowest BCUT2D eigenvalue weighted by Gasteiger charge is -2.43. The predicted molar refractivity (Wildman–Crippen MR) is 166 cm³/mol. The summed E-state index contributed by atoms with van der Waals surface area (Å²) in [6.45, 7) is 28.8. The van der Waals surface area contributed by atoms with Gasteiger partial charge in [-0.25, -0.2) is 0 Å². The molecule has 0 amide bonds. The fraction of sp³-hybridized carbons (Fsp3) is 0.486. The van der Waals surface area contributed by atoms with Gasteiger partial charge in [0.15, 0.2) is 0 Å². The summed E-state index contributed by atoms with van der Waals surface area (Å²) in [5, 5.41) is 1.96. The summed E-state index contributed by atoms with van der Waals surface area (Å²) in [4.78, 5) is 0. The number of rotatable bonds is 6. The quantitative estimate of drug-likeness (QED) is 0.295. The third-order valence-electron chi connectivity index (χ3n) is 7.07.